The van der Waals surface area contributed by atoms with E-state index in [4.69, 9.17) is 11.6 Å². The van der Waals surface area contributed by atoms with E-state index in [2.05, 4.69) is 17.1 Å². The number of nitrogens with one attached hydrogen (secondary N) is 1. The number of rotatable bonds is 5. The summed E-state index contributed by atoms with van der Waals surface area (Å²) in [5.74, 6) is -0.948. The summed E-state index contributed by atoms with van der Waals surface area (Å²) in [6.45, 7) is 5.51. The van der Waals surface area contributed by atoms with Gasteiger partial charge in [0.15, 0.2) is 0 Å². The maximum absolute atomic E-state index is 14.2. The molecule has 0 aliphatic carbocycles. The highest BCUT2D eigenvalue weighted by molar-refractivity contribution is 6.31. The van der Waals surface area contributed by atoms with Crippen molar-refractivity contribution in [1.82, 2.24) is 10.2 Å². The van der Waals surface area contributed by atoms with Gasteiger partial charge in [-0.05, 0) is 18.6 Å². The minimum absolute atomic E-state index is 0. The zero-order chi connectivity index (χ0) is 14.5. The molecular weight excluding hydrogens is 353 g/mol. The molecule has 7 heteroatoms. The van der Waals surface area contributed by atoms with E-state index in [0.29, 0.717) is 5.56 Å². The number of nitrogens with zero attached hydrogens (tertiary/aromatic N) is 1. The van der Waals surface area contributed by atoms with Crippen molar-refractivity contribution in [3.63, 3.8) is 0 Å². The Morgan fingerprint density at radius 2 is 1.77 bits per heavy atom. The topological polar surface area (TPSA) is 15.3 Å². The molecule has 0 spiro atoms. The fourth-order valence-corrected chi connectivity index (χ4v) is 3.03. The van der Waals surface area contributed by atoms with Crippen LogP contribution in [0.3, 0.4) is 0 Å². The highest BCUT2D eigenvalue weighted by Gasteiger charge is 2.27. The quantitative estimate of drug-likeness (QED) is 0.757. The molecule has 0 saturated carbocycles. The van der Waals surface area contributed by atoms with Crippen LogP contribution in [0.15, 0.2) is 12.1 Å². The van der Waals surface area contributed by atoms with Crippen molar-refractivity contribution < 1.29 is 8.78 Å². The summed E-state index contributed by atoms with van der Waals surface area (Å²) in [7, 11) is 0. The molecular formula is C15H23Cl3F2N2. The van der Waals surface area contributed by atoms with E-state index in [-0.39, 0.29) is 35.9 Å². The van der Waals surface area contributed by atoms with Gasteiger partial charge in [0.05, 0.1) is 5.02 Å². The summed E-state index contributed by atoms with van der Waals surface area (Å²) in [5, 5.41) is 3.21. The fraction of sp³-hybridized carbons (Fsp3) is 0.600. The molecule has 0 radical (unpaired) electrons. The summed E-state index contributed by atoms with van der Waals surface area (Å²) in [6, 6.07) is 2.13. The third-order valence-electron chi connectivity index (χ3n) is 3.84. The fourth-order valence-electron chi connectivity index (χ4n) is 2.75. The number of benzene rings is 1. The first-order valence-electron chi connectivity index (χ1n) is 7.23. The zero-order valence-electron chi connectivity index (χ0n) is 12.6. The van der Waals surface area contributed by atoms with Crippen LogP contribution in [-0.2, 0) is 0 Å². The van der Waals surface area contributed by atoms with E-state index in [1.165, 1.54) is 6.07 Å². The number of unbranched alkanes of at least 4 members (excludes halogenated alkanes) is 1. The van der Waals surface area contributed by atoms with Crippen LogP contribution in [0, 0.1) is 11.6 Å². The lowest BCUT2D eigenvalue weighted by Crippen LogP contribution is -2.45. The van der Waals surface area contributed by atoms with E-state index < -0.39 is 11.6 Å². The van der Waals surface area contributed by atoms with Crippen LogP contribution >= 0.6 is 36.4 Å². The summed E-state index contributed by atoms with van der Waals surface area (Å²) in [6.07, 6.45) is 2.80. The molecule has 0 aromatic heterocycles. The predicted octanol–water partition coefficient (Wildman–Crippen LogP) is 4.60. The lowest BCUT2D eigenvalue weighted by Gasteiger charge is -2.36. The van der Waals surface area contributed by atoms with Gasteiger partial charge in [-0.1, -0.05) is 31.4 Å². The molecule has 1 saturated heterocycles. The van der Waals surface area contributed by atoms with Gasteiger partial charge in [-0.2, -0.15) is 0 Å². The van der Waals surface area contributed by atoms with E-state index in [1.807, 2.05) is 0 Å². The monoisotopic (exact) mass is 374 g/mol. The predicted molar refractivity (Wildman–Crippen MR) is 92.6 cm³/mol. The van der Waals surface area contributed by atoms with E-state index in [0.717, 1.165) is 51.5 Å². The molecule has 1 fully saturated rings. The van der Waals surface area contributed by atoms with Gasteiger partial charge in [-0.3, -0.25) is 4.90 Å². The molecule has 0 bridgehead atoms. The largest absolute Gasteiger partial charge is 0.314 e. The number of halogens is 5. The molecule has 128 valence electrons. The second-order valence-corrected chi connectivity index (χ2v) is 5.58. The molecule has 1 aromatic carbocycles. The van der Waals surface area contributed by atoms with Gasteiger partial charge >= 0.3 is 0 Å². The van der Waals surface area contributed by atoms with Gasteiger partial charge in [0.2, 0.25) is 0 Å². The number of hydrogen-bond acceptors (Lipinski definition) is 2. The third kappa shape index (κ3) is 5.20. The van der Waals surface area contributed by atoms with E-state index in [9.17, 15) is 8.78 Å². The standard InChI is InChI=1S/C15H21ClF2N2.2ClH/c1-2-3-4-13(20-9-7-19-8-10-20)14-11(17)5-6-12(18)15(14)16;;/h5-6,13,19H,2-4,7-10H2,1H3;2*1H/t13-;;/m0../s1. The molecule has 1 aliphatic heterocycles. The summed E-state index contributed by atoms with van der Waals surface area (Å²) < 4.78 is 27.8. The minimum Gasteiger partial charge on any atom is -0.314 e. The highest BCUT2D eigenvalue weighted by atomic mass is 35.5. The zero-order valence-corrected chi connectivity index (χ0v) is 15.0. The Hall–Kier alpha value is -0.130. The SMILES string of the molecule is CCCC[C@@H](c1c(F)ccc(F)c1Cl)N1CCNCC1.Cl.Cl. The van der Waals surface area contributed by atoms with Gasteiger partial charge < -0.3 is 5.32 Å². The van der Waals surface area contributed by atoms with Crippen molar-refractivity contribution in [3.8, 4) is 0 Å². The van der Waals surface area contributed by atoms with Gasteiger partial charge in [-0.25, -0.2) is 8.78 Å². The van der Waals surface area contributed by atoms with Crippen molar-refractivity contribution >= 4 is 36.4 Å². The molecule has 2 nitrogen and oxygen atoms in total. The minimum atomic E-state index is -0.542. The summed E-state index contributed by atoms with van der Waals surface area (Å²) >= 11 is 6.03. The van der Waals surface area contributed by atoms with Crippen molar-refractivity contribution in [3.05, 3.63) is 34.4 Å². The number of hydrogen-bond donors (Lipinski definition) is 1. The lowest BCUT2D eigenvalue weighted by molar-refractivity contribution is 0.160. The molecule has 0 amide bonds. The molecule has 1 atom stereocenters. The normalized spacial score (nSPS) is 16.5. The Morgan fingerprint density at radius 1 is 1.18 bits per heavy atom. The second kappa shape index (κ2) is 10.6. The Morgan fingerprint density at radius 3 is 2.36 bits per heavy atom. The molecule has 0 unspecified atom stereocenters. The first-order chi connectivity index (χ1) is 9.65. The van der Waals surface area contributed by atoms with Crippen LogP contribution in [-0.4, -0.2) is 31.1 Å². The van der Waals surface area contributed by atoms with Crippen LogP contribution in [0.1, 0.15) is 37.8 Å². The molecule has 1 aromatic rings. The first-order valence-corrected chi connectivity index (χ1v) is 7.61. The van der Waals surface area contributed by atoms with Crippen LogP contribution < -0.4 is 5.32 Å². The van der Waals surface area contributed by atoms with Crippen LogP contribution in [0.2, 0.25) is 5.02 Å². The Balaban J connectivity index is 0.00000220. The van der Waals surface area contributed by atoms with E-state index in [1.54, 1.807) is 0 Å². The molecule has 1 N–H and O–H groups in total. The maximum atomic E-state index is 14.2. The summed E-state index contributed by atoms with van der Waals surface area (Å²) in [5.41, 5.74) is 0.321. The lowest BCUT2D eigenvalue weighted by atomic mass is 9.98. The smallest absolute Gasteiger partial charge is 0.142 e. The van der Waals surface area contributed by atoms with Crippen molar-refractivity contribution in [2.75, 3.05) is 26.2 Å². The Kier molecular flexibility index (Phi) is 10.5. The van der Waals surface area contributed by atoms with Gasteiger partial charge in [-0.15, -0.1) is 24.8 Å². The second-order valence-electron chi connectivity index (χ2n) is 5.20. The Bertz CT molecular complexity index is 455. The average Bonchev–Trinajstić information content (AvgIpc) is 2.47. The first kappa shape index (κ1) is 21.9. The Labute approximate surface area is 148 Å². The average molecular weight is 376 g/mol. The molecule has 2 rings (SSSR count). The van der Waals surface area contributed by atoms with Crippen LogP contribution in [0.25, 0.3) is 0 Å². The maximum Gasteiger partial charge on any atom is 0.142 e. The molecule has 1 aliphatic rings. The van der Waals surface area contributed by atoms with Crippen LogP contribution in [0.4, 0.5) is 8.78 Å². The summed E-state index contributed by atoms with van der Waals surface area (Å²) in [4.78, 5) is 2.20. The third-order valence-corrected chi connectivity index (χ3v) is 4.22. The van der Waals surface area contributed by atoms with Crippen molar-refractivity contribution in [1.29, 1.82) is 0 Å². The highest BCUT2D eigenvalue weighted by Crippen LogP contribution is 2.35. The number of piperazine rings is 1. The molecule has 1 heterocycles. The van der Waals surface area contributed by atoms with Crippen LogP contribution in [0.5, 0.6) is 0 Å². The van der Waals surface area contributed by atoms with Gasteiger partial charge in [0.25, 0.3) is 0 Å². The van der Waals surface area contributed by atoms with E-state index >= 15 is 0 Å². The molecule has 22 heavy (non-hydrogen) atoms. The van der Waals surface area contributed by atoms with Gasteiger partial charge in [0, 0.05) is 37.8 Å². The van der Waals surface area contributed by atoms with Gasteiger partial charge in [0.1, 0.15) is 11.6 Å². The van der Waals surface area contributed by atoms with Crippen molar-refractivity contribution in [2.24, 2.45) is 0 Å². The van der Waals surface area contributed by atoms with Crippen molar-refractivity contribution in [2.45, 2.75) is 32.2 Å².